The molecule has 1 heteroatoms. The molecule has 0 amide bonds. The number of fused-ring (bicyclic) bond motifs is 2. The summed E-state index contributed by atoms with van der Waals surface area (Å²) in [5.74, 6) is 2.29. The molecule has 0 atom stereocenters. The number of aryl methyl sites for hydroxylation is 4. The first-order valence-corrected chi connectivity index (χ1v) is 10.3. The summed E-state index contributed by atoms with van der Waals surface area (Å²) in [5.41, 5.74) is 9.44. The molecule has 2 aliphatic rings. The van der Waals surface area contributed by atoms with E-state index in [0.717, 1.165) is 11.5 Å². The van der Waals surface area contributed by atoms with E-state index in [1.165, 1.54) is 62.5 Å². The first kappa shape index (κ1) is 15.3. The maximum absolute atomic E-state index is 2.47. The summed E-state index contributed by atoms with van der Waals surface area (Å²) in [6, 6.07) is 14.4. The Bertz CT molecular complexity index is 627. The van der Waals surface area contributed by atoms with Gasteiger partial charge >= 0.3 is 0 Å². The highest BCUT2D eigenvalue weighted by Crippen LogP contribution is 2.27. The van der Waals surface area contributed by atoms with Crippen molar-refractivity contribution in [2.45, 2.75) is 62.9 Å². The van der Waals surface area contributed by atoms with Crippen molar-refractivity contribution < 1.29 is 0 Å². The van der Waals surface area contributed by atoms with Gasteiger partial charge in [0.25, 0.3) is 0 Å². The zero-order valence-electron chi connectivity index (χ0n) is 13.9. The van der Waals surface area contributed by atoms with Crippen LogP contribution in [0.5, 0.6) is 0 Å². The Hall–Kier alpha value is -1.21. The average molecular weight is 323 g/mol. The molecule has 2 aliphatic carbocycles. The van der Waals surface area contributed by atoms with Crippen LogP contribution in [0, 0.1) is 0 Å². The van der Waals surface area contributed by atoms with E-state index in [0.29, 0.717) is 0 Å². The number of rotatable bonds is 4. The molecule has 0 N–H and O–H groups in total. The molecule has 0 radical (unpaired) electrons. The maximum atomic E-state index is 2.47. The van der Waals surface area contributed by atoms with Crippen molar-refractivity contribution in [3.63, 3.8) is 0 Å². The monoisotopic (exact) mass is 322 g/mol. The molecule has 0 nitrogen and oxygen atoms in total. The van der Waals surface area contributed by atoms with Crippen molar-refractivity contribution in [3.8, 4) is 0 Å². The summed E-state index contributed by atoms with van der Waals surface area (Å²) in [4.78, 5) is 0. The van der Waals surface area contributed by atoms with Crippen molar-refractivity contribution in [2.24, 2.45) is 0 Å². The van der Waals surface area contributed by atoms with Crippen LogP contribution in [0.3, 0.4) is 0 Å². The van der Waals surface area contributed by atoms with E-state index in [4.69, 9.17) is 0 Å². The van der Waals surface area contributed by atoms with Gasteiger partial charge in [0.1, 0.15) is 0 Å². The second kappa shape index (κ2) is 7.13. The van der Waals surface area contributed by atoms with Crippen LogP contribution >= 0.6 is 11.8 Å². The van der Waals surface area contributed by atoms with Gasteiger partial charge in [0.2, 0.25) is 0 Å². The van der Waals surface area contributed by atoms with Crippen LogP contribution < -0.4 is 0 Å². The van der Waals surface area contributed by atoms with Gasteiger partial charge in [-0.25, -0.2) is 0 Å². The molecule has 0 unspecified atom stereocenters. The third-order valence-corrected chi connectivity index (χ3v) is 6.44. The lowest BCUT2D eigenvalue weighted by Gasteiger charge is -2.17. The molecule has 2 aromatic carbocycles. The van der Waals surface area contributed by atoms with E-state index in [1.54, 1.807) is 22.3 Å². The molecule has 0 bridgehead atoms. The summed E-state index contributed by atoms with van der Waals surface area (Å²) < 4.78 is 0. The summed E-state index contributed by atoms with van der Waals surface area (Å²) in [6.07, 6.45) is 10.7. The quantitative estimate of drug-likeness (QED) is 0.677. The topological polar surface area (TPSA) is 0 Å². The lowest BCUT2D eigenvalue weighted by atomic mass is 9.91. The zero-order valence-corrected chi connectivity index (χ0v) is 14.8. The van der Waals surface area contributed by atoms with Gasteiger partial charge in [-0.05, 0) is 84.7 Å². The Morgan fingerprint density at radius 3 is 1.48 bits per heavy atom. The highest BCUT2D eigenvalue weighted by molar-refractivity contribution is 7.97. The van der Waals surface area contributed by atoms with E-state index in [-0.39, 0.29) is 0 Å². The van der Waals surface area contributed by atoms with Crippen LogP contribution in [-0.4, -0.2) is 0 Å². The highest BCUT2D eigenvalue weighted by Gasteiger charge is 2.11. The minimum absolute atomic E-state index is 1.14. The largest absolute Gasteiger partial charge is 0.152 e. The van der Waals surface area contributed by atoms with Gasteiger partial charge in [-0.1, -0.05) is 36.4 Å². The molecule has 0 saturated heterocycles. The second-order valence-corrected chi connectivity index (χ2v) is 8.10. The van der Waals surface area contributed by atoms with Crippen LogP contribution in [0.2, 0.25) is 0 Å². The molecule has 2 aromatic rings. The van der Waals surface area contributed by atoms with Crippen LogP contribution in [0.25, 0.3) is 0 Å². The van der Waals surface area contributed by atoms with Crippen LogP contribution in [0.15, 0.2) is 36.4 Å². The van der Waals surface area contributed by atoms with Gasteiger partial charge in [0, 0.05) is 11.5 Å². The fourth-order valence-corrected chi connectivity index (χ4v) is 4.97. The third-order valence-electron chi connectivity index (χ3n) is 5.36. The van der Waals surface area contributed by atoms with E-state index in [2.05, 4.69) is 48.2 Å². The Morgan fingerprint density at radius 2 is 1.00 bits per heavy atom. The zero-order chi connectivity index (χ0) is 15.5. The predicted molar refractivity (Wildman–Crippen MR) is 101 cm³/mol. The normalized spacial score (nSPS) is 16.7. The number of thioether (sulfide) groups is 1. The molecule has 120 valence electrons. The van der Waals surface area contributed by atoms with Crippen LogP contribution in [-0.2, 0) is 37.2 Å². The van der Waals surface area contributed by atoms with Crippen molar-refractivity contribution in [2.75, 3.05) is 0 Å². The van der Waals surface area contributed by atoms with Gasteiger partial charge in [-0.2, -0.15) is 11.8 Å². The predicted octanol–water partition coefficient (Wildman–Crippen LogP) is 5.88. The molecule has 0 spiro atoms. The Morgan fingerprint density at radius 1 is 0.565 bits per heavy atom. The van der Waals surface area contributed by atoms with E-state index >= 15 is 0 Å². The van der Waals surface area contributed by atoms with Crippen molar-refractivity contribution >= 4 is 11.8 Å². The summed E-state index contributed by atoms with van der Waals surface area (Å²) in [7, 11) is 0. The smallest absolute Gasteiger partial charge is 0.0188 e. The molecule has 0 aliphatic heterocycles. The van der Waals surface area contributed by atoms with Crippen molar-refractivity contribution in [3.05, 3.63) is 69.8 Å². The molecule has 0 aromatic heterocycles. The Balaban J connectivity index is 1.36. The standard InChI is InChI=1S/C22H26S/c1-3-7-21-13-17(9-11-19(21)5-1)15-23-16-18-10-12-20-6-2-4-8-22(20)14-18/h9-14H,1-8,15-16H2. The first-order valence-electron chi connectivity index (χ1n) is 9.17. The fourth-order valence-electron chi connectivity index (χ4n) is 4.04. The minimum Gasteiger partial charge on any atom is -0.152 e. The molecular formula is C22H26S. The molecule has 0 saturated carbocycles. The third kappa shape index (κ3) is 3.66. The maximum Gasteiger partial charge on any atom is 0.0188 e. The van der Waals surface area contributed by atoms with Gasteiger partial charge in [-0.15, -0.1) is 0 Å². The lowest BCUT2D eigenvalue weighted by Crippen LogP contribution is -2.03. The number of hydrogen-bond donors (Lipinski definition) is 0. The first-order chi connectivity index (χ1) is 11.4. The Labute approximate surface area is 144 Å². The van der Waals surface area contributed by atoms with E-state index < -0.39 is 0 Å². The minimum atomic E-state index is 1.14. The van der Waals surface area contributed by atoms with Gasteiger partial charge in [0.15, 0.2) is 0 Å². The summed E-state index contributed by atoms with van der Waals surface area (Å²) >= 11 is 2.06. The number of hydrogen-bond acceptors (Lipinski definition) is 1. The molecule has 0 heterocycles. The van der Waals surface area contributed by atoms with Gasteiger partial charge < -0.3 is 0 Å². The van der Waals surface area contributed by atoms with E-state index in [9.17, 15) is 0 Å². The lowest BCUT2D eigenvalue weighted by molar-refractivity contribution is 0.685. The van der Waals surface area contributed by atoms with E-state index in [1.807, 2.05) is 0 Å². The molecule has 4 rings (SSSR count). The highest BCUT2D eigenvalue weighted by atomic mass is 32.2. The van der Waals surface area contributed by atoms with Gasteiger partial charge in [0.05, 0.1) is 0 Å². The van der Waals surface area contributed by atoms with Crippen molar-refractivity contribution in [1.29, 1.82) is 0 Å². The average Bonchev–Trinajstić information content (AvgIpc) is 2.61. The SMILES string of the molecule is c1cc2c(cc1CSCc1ccc3c(c1)CCCC3)CCCC2. The fraction of sp³-hybridized carbons (Fsp3) is 0.455. The summed E-state index contributed by atoms with van der Waals surface area (Å²) in [6.45, 7) is 0. The Kier molecular flexibility index (Phi) is 4.75. The summed E-state index contributed by atoms with van der Waals surface area (Å²) in [5, 5.41) is 0. The van der Waals surface area contributed by atoms with Crippen molar-refractivity contribution in [1.82, 2.24) is 0 Å². The molecule has 0 fully saturated rings. The molecular weight excluding hydrogens is 296 g/mol. The molecule has 23 heavy (non-hydrogen) atoms. The van der Waals surface area contributed by atoms with Crippen LogP contribution in [0.4, 0.5) is 0 Å². The second-order valence-electron chi connectivity index (χ2n) is 7.11. The van der Waals surface area contributed by atoms with Crippen LogP contribution in [0.1, 0.15) is 59.1 Å². The van der Waals surface area contributed by atoms with Gasteiger partial charge in [-0.3, -0.25) is 0 Å². The number of benzene rings is 2.